The number of hydrogen-bond acceptors (Lipinski definition) is 5. The number of carbonyl (C=O) groups is 1. The highest BCUT2D eigenvalue weighted by Crippen LogP contribution is 2.29. The third-order valence-electron chi connectivity index (χ3n) is 1.91. The van der Waals surface area contributed by atoms with Gasteiger partial charge < -0.3 is 4.74 Å². The summed E-state index contributed by atoms with van der Waals surface area (Å²) in [5.74, 6) is -0.504. The van der Waals surface area contributed by atoms with Crippen molar-refractivity contribution in [1.82, 2.24) is 0 Å². The number of ether oxygens (including phenoxy) is 1. The van der Waals surface area contributed by atoms with Crippen molar-refractivity contribution in [3.63, 3.8) is 0 Å². The molecule has 0 radical (unpaired) electrons. The summed E-state index contributed by atoms with van der Waals surface area (Å²) in [6, 6.07) is 0. The van der Waals surface area contributed by atoms with Gasteiger partial charge in [0.1, 0.15) is 0 Å². The molecule has 0 saturated carbocycles. The summed E-state index contributed by atoms with van der Waals surface area (Å²) in [4.78, 5) is 11.0. The first-order chi connectivity index (χ1) is 5.83. The topological polar surface area (TPSA) is 89.9 Å². The Morgan fingerprint density at radius 3 is 2.69 bits per heavy atom. The fourth-order valence-corrected chi connectivity index (χ4v) is 1.39. The number of rotatable bonds is 3. The first-order valence-corrected chi connectivity index (χ1v) is 4.99. The molecule has 0 aliphatic carbocycles. The standard InChI is InChI=1S/C6H10O6S/c1-6(2-3-11-5(6)7)4-12-13(8,9)10/h2-4H2,1H3,(H,8,9,10). The highest BCUT2D eigenvalue weighted by molar-refractivity contribution is 7.80. The lowest BCUT2D eigenvalue weighted by Crippen LogP contribution is -2.29. The fourth-order valence-electron chi connectivity index (χ4n) is 0.981. The minimum Gasteiger partial charge on any atom is -0.465 e. The molecule has 0 aromatic heterocycles. The smallest absolute Gasteiger partial charge is 0.397 e. The van der Waals surface area contributed by atoms with Crippen LogP contribution >= 0.6 is 0 Å². The van der Waals surface area contributed by atoms with Gasteiger partial charge in [-0.05, 0) is 13.3 Å². The summed E-state index contributed by atoms with van der Waals surface area (Å²) in [5.41, 5.74) is -0.962. The molecule has 0 aromatic rings. The minimum atomic E-state index is -4.48. The van der Waals surface area contributed by atoms with Crippen LogP contribution < -0.4 is 0 Å². The van der Waals surface area contributed by atoms with Gasteiger partial charge in [0, 0.05) is 0 Å². The van der Waals surface area contributed by atoms with E-state index in [1.807, 2.05) is 0 Å². The zero-order valence-electron chi connectivity index (χ0n) is 7.02. The molecular weight excluding hydrogens is 200 g/mol. The largest absolute Gasteiger partial charge is 0.465 e. The van der Waals surface area contributed by atoms with Crippen LogP contribution in [0.3, 0.4) is 0 Å². The van der Waals surface area contributed by atoms with Crippen molar-refractivity contribution in [3.05, 3.63) is 0 Å². The van der Waals surface area contributed by atoms with E-state index in [-0.39, 0.29) is 13.2 Å². The highest BCUT2D eigenvalue weighted by atomic mass is 32.3. The van der Waals surface area contributed by atoms with Gasteiger partial charge in [0.15, 0.2) is 0 Å². The van der Waals surface area contributed by atoms with Gasteiger partial charge in [-0.25, -0.2) is 4.18 Å². The number of carbonyl (C=O) groups excluding carboxylic acids is 1. The second-order valence-corrected chi connectivity index (χ2v) is 4.23. The summed E-state index contributed by atoms with van der Waals surface area (Å²) in [7, 11) is -4.48. The summed E-state index contributed by atoms with van der Waals surface area (Å²) in [5, 5.41) is 0. The lowest BCUT2D eigenvalue weighted by atomic mass is 9.91. The molecule has 0 amide bonds. The summed E-state index contributed by atoms with van der Waals surface area (Å²) in [6.45, 7) is 1.39. The molecule has 0 spiro atoms. The van der Waals surface area contributed by atoms with Gasteiger partial charge in [0.05, 0.1) is 18.6 Å². The first-order valence-electron chi connectivity index (χ1n) is 3.63. The molecule has 6 nitrogen and oxygen atoms in total. The van der Waals surface area contributed by atoms with Crippen LogP contribution in [0.5, 0.6) is 0 Å². The van der Waals surface area contributed by atoms with Gasteiger partial charge in [-0.15, -0.1) is 0 Å². The molecule has 1 saturated heterocycles. The Morgan fingerprint density at radius 1 is 1.69 bits per heavy atom. The minimum absolute atomic E-state index is 0.254. The van der Waals surface area contributed by atoms with Crippen LogP contribution in [-0.2, 0) is 24.1 Å². The Labute approximate surface area is 75.8 Å². The Balaban J connectivity index is 2.58. The zero-order valence-corrected chi connectivity index (χ0v) is 7.83. The maximum atomic E-state index is 11.0. The van der Waals surface area contributed by atoms with Gasteiger partial charge in [-0.1, -0.05) is 0 Å². The lowest BCUT2D eigenvalue weighted by molar-refractivity contribution is -0.146. The van der Waals surface area contributed by atoms with E-state index < -0.39 is 21.8 Å². The van der Waals surface area contributed by atoms with Crippen LogP contribution in [0.2, 0.25) is 0 Å². The summed E-state index contributed by atoms with van der Waals surface area (Å²) in [6.07, 6.45) is 0.390. The number of cyclic esters (lactones) is 1. The Bertz CT molecular complexity index is 307. The van der Waals surface area contributed by atoms with Crippen LogP contribution in [0, 0.1) is 5.41 Å². The lowest BCUT2D eigenvalue weighted by Gasteiger charge is -2.16. The van der Waals surface area contributed by atoms with Gasteiger partial charge in [-0.3, -0.25) is 9.35 Å². The van der Waals surface area contributed by atoms with E-state index in [4.69, 9.17) is 4.55 Å². The summed E-state index contributed by atoms with van der Waals surface area (Å²) >= 11 is 0. The molecule has 1 heterocycles. The van der Waals surface area contributed by atoms with E-state index in [1.165, 1.54) is 6.92 Å². The highest BCUT2D eigenvalue weighted by Gasteiger charge is 2.41. The van der Waals surface area contributed by atoms with Crippen LogP contribution in [0.15, 0.2) is 0 Å². The molecule has 1 rings (SSSR count). The van der Waals surface area contributed by atoms with Crippen molar-refractivity contribution in [1.29, 1.82) is 0 Å². The Kier molecular flexibility index (Phi) is 2.60. The van der Waals surface area contributed by atoms with Crippen molar-refractivity contribution >= 4 is 16.4 Å². The second kappa shape index (κ2) is 3.24. The maximum Gasteiger partial charge on any atom is 0.397 e. The predicted molar refractivity (Wildman–Crippen MR) is 41.2 cm³/mol. The Morgan fingerprint density at radius 2 is 2.31 bits per heavy atom. The van der Waals surface area contributed by atoms with E-state index in [2.05, 4.69) is 8.92 Å². The molecular formula is C6H10O6S. The van der Waals surface area contributed by atoms with E-state index in [0.717, 1.165) is 0 Å². The van der Waals surface area contributed by atoms with Gasteiger partial charge in [-0.2, -0.15) is 8.42 Å². The molecule has 13 heavy (non-hydrogen) atoms. The average Bonchev–Trinajstić information content (AvgIpc) is 2.29. The third-order valence-corrected chi connectivity index (χ3v) is 2.32. The van der Waals surface area contributed by atoms with E-state index in [9.17, 15) is 13.2 Å². The van der Waals surface area contributed by atoms with Gasteiger partial charge in [0.2, 0.25) is 0 Å². The van der Waals surface area contributed by atoms with Crippen molar-refractivity contribution < 1.29 is 26.7 Å². The van der Waals surface area contributed by atoms with E-state index >= 15 is 0 Å². The molecule has 0 bridgehead atoms. The molecule has 1 aliphatic rings. The first kappa shape index (κ1) is 10.4. The molecule has 1 aliphatic heterocycles. The molecule has 1 atom stereocenters. The molecule has 7 heteroatoms. The number of esters is 1. The normalized spacial score (nSPS) is 28.9. The van der Waals surface area contributed by atoms with Crippen LogP contribution in [0.1, 0.15) is 13.3 Å². The van der Waals surface area contributed by atoms with Crippen molar-refractivity contribution in [3.8, 4) is 0 Å². The zero-order chi connectivity index (χ0) is 10.1. The average molecular weight is 210 g/mol. The van der Waals surface area contributed by atoms with Crippen molar-refractivity contribution in [2.45, 2.75) is 13.3 Å². The molecule has 1 fully saturated rings. The van der Waals surface area contributed by atoms with Gasteiger partial charge in [0.25, 0.3) is 0 Å². The number of hydrogen-bond donors (Lipinski definition) is 1. The predicted octanol–water partition coefficient (Wildman–Crippen LogP) is -0.241. The van der Waals surface area contributed by atoms with Crippen LogP contribution in [-0.4, -0.2) is 32.2 Å². The molecule has 0 aromatic carbocycles. The SMILES string of the molecule is CC1(COS(=O)(=O)O)CCOC1=O. The van der Waals surface area contributed by atoms with E-state index in [1.54, 1.807) is 0 Å². The van der Waals surface area contributed by atoms with E-state index in [0.29, 0.717) is 6.42 Å². The van der Waals surface area contributed by atoms with Gasteiger partial charge >= 0.3 is 16.4 Å². The van der Waals surface area contributed by atoms with Crippen LogP contribution in [0.4, 0.5) is 0 Å². The fraction of sp³-hybridized carbons (Fsp3) is 0.833. The Hall–Kier alpha value is -0.660. The van der Waals surface area contributed by atoms with Crippen molar-refractivity contribution in [2.24, 2.45) is 5.41 Å². The quantitative estimate of drug-likeness (QED) is 0.510. The van der Waals surface area contributed by atoms with Crippen molar-refractivity contribution in [2.75, 3.05) is 13.2 Å². The molecule has 1 N–H and O–H groups in total. The van der Waals surface area contributed by atoms with Crippen LogP contribution in [0.25, 0.3) is 0 Å². The third kappa shape index (κ3) is 2.64. The molecule has 1 unspecified atom stereocenters. The molecule has 76 valence electrons. The summed E-state index contributed by atoms with van der Waals surface area (Å²) < 4.78 is 37.5. The second-order valence-electron chi connectivity index (χ2n) is 3.14. The monoisotopic (exact) mass is 210 g/mol. The maximum absolute atomic E-state index is 11.0.